The summed E-state index contributed by atoms with van der Waals surface area (Å²) >= 11 is 4.83. The number of halogens is 2. The number of carbonyl (C=O) groups is 1. The molecule has 0 bridgehead atoms. The third-order valence-electron chi connectivity index (χ3n) is 0.714. The van der Waals surface area contributed by atoms with Crippen LogP contribution in [0.5, 0.6) is 0 Å². The minimum Gasteiger partial charge on any atom is -0.478 e. The van der Waals surface area contributed by atoms with Gasteiger partial charge in [-0.05, 0) is 0 Å². The second-order valence-corrected chi connectivity index (χ2v) is 2.10. The first kappa shape index (κ1) is 8.43. The van der Waals surface area contributed by atoms with Crippen LogP contribution >= 0.6 is 11.6 Å². The van der Waals surface area contributed by atoms with Crippen molar-refractivity contribution in [1.29, 1.82) is 0 Å². The molecular formula is C5H6ClFO2. The van der Waals surface area contributed by atoms with Crippen LogP contribution in [0.15, 0.2) is 12.7 Å². The van der Waals surface area contributed by atoms with E-state index >= 15 is 0 Å². The van der Waals surface area contributed by atoms with Crippen LogP contribution in [-0.2, 0) is 4.79 Å². The summed E-state index contributed by atoms with van der Waals surface area (Å²) in [6, 6.07) is 0. The number of alkyl halides is 2. The van der Waals surface area contributed by atoms with E-state index in [1.165, 1.54) is 0 Å². The first-order valence-corrected chi connectivity index (χ1v) is 2.60. The van der Waals surface area contributed by atoms with Crippen LogP contribution in [0.2, 0.25) is 0 Å². The van der Waals surface area contributed by atoms with E-state index in [4.69, 9.17) is 16.7 Å². The maximum atomic E-state index is 12.3. The predicted molar refractivity (Wildman–Crippen MR) is 32.1 cm³/mol. The Balaban J connectivity index is 4.00. The van der Waals surface area contributed by atoms with Gasteiger partial charge in [-0.15, -0.1) is 6.58 Å². The van der Waals surface area contributed by atoms with Gasteiger partial charge in [-0.1, -0.05) is 17.7 Å². The zero-order chi connectivity index (χ0) is 7.49. The molecule has 0 aromatic heterocycles. The highest BCUT2D eigenvalue weighted by molar-refractivity contribution is 6.32. The lowest BCUT2D eigenvalue weighted by Crippen LogP contribution is -2.25. The van der Waals surface area contributed by atoms with Gasteiger partial charge >= 0.3 is 5.97 Å². The average molecular weight is 153 g/mol. The number of rotatable bonds is 3. The fourth-order valence-electron chi connectivity index (χ4n) is 0.269. The van der Waals surface area contributed by atoms with Crippen molar-refractivity contribution in [3.63, 3.8) is 0 Å². The van der Waals surface area contributed by atoms with Crippen LogP contribution in [0.3, 0.4) is 0 Å². The third-order valence-corrected chi connectivity index (χ3v) is 1.03. The minimum atomic E-state index is -2.68. The highest BCUT2D eigenvalue weighted by atomic mass is 35.5. The van der Waals surface area contributed by atoms with Crippen molar-refractivity contribution in [2.75, 3.05) is 0 Å². The quantitative estimate of drug-likeness (QED) is 0.492. The van der Waals surface area contributed by atoms with E-state index in [0.717, 1.165) is 6.08 Å². The van der Waals surface area contributed by atoms with Gasteiger partial charge in [0.25, 0.3) is 5.13 Å². The Morgan fingerprint density at radius 2 is 2.44 bits per heavy atom. The van der Waals surface area contributed by atoms with Crippen molar-refractivity contribution in [3.8, 4) is 0 Å². The summed E-state index contributed by atoms with van der Waals surface area (Å²) < 4.78 is 12.3. The van der Waals surface area contributed by atoms with E-state index in [1.54, 1.807) is 0 Å². The molecule has 0 aromatic rings. The lowest BCUT2D eigenvalue weighted by atomic mass is 10.3. The third kappa shape index (κ3) is 2.46. The van der Waals surface area contributed by atoms with E-state index in [1.807, 2.05) is 0 Å². The van der Waals surface area contributed by atoms with Crippen molar-refractivity contribution >= 4 is 17.6 Å². The van der Waals surface area contributed by atoms with Gasteiger partial charge in [0.05, 0.1) is 0 Å². The van der Waals surface area contributed by atoms with Crippen molar-refractivity contribution < 1.29 is 14.3 Å². The number of aliphatic carboxylic acids is 1. The van der Waals surface area contributed by atoms with Crippen LogP contribution < -0.4 is 0 Å². The van der Waals surface area contributed by atoms with Gasteiger partial charge in [0.1, 0.15) is 0 Å². The molecule has 0 fully saturated rings. The highest BCUT2D eigenvalue weighted by Gasteiger charge is 2.34. The largest absolute Gasteiger partial charge is 0.478 e. The maximum absolute atomic E-state index is 12.3. The monoisotopic (exact) mass is 152 g/mol. The number of carboxylic acid groups (broad SMARTS) is 1. The second-order valence-electron chi connectivity index (χ2n) is 1.50. The number of carboxylic acids is 1. The maximum Gasteiger partial charge on any atom is 0.357 e. The molecule has 0 aliphatic rings. The normalized spacial score (nSPS) is 16.2. The zero-order valence-electron chi connectivity index (χ0n) is 4.60. The molecule has 52 valence electrons. The molecule has 4 heteroatoms. The van der Waals surface area contributed by atoms with Gasteiger partial charge in [-0.25, -0.2) is 9.18 Å². The Bertz CT molecular complexity index is 133. The Morgan fingerprint density at radius 3 is 2.56 bits per heavy atom. The van der Waals surface area contributed by atoms with Gasteiger partial charge in [0, 0.05) is 6.42 Å². The second kappa shape index (κ2) is 2.82. The Labute approximate surface area is 56.9 Å². The molecule has 0 amide bonds. The molecule has 0 rings (SSSR count). The van der Waals surface area contributed by atoms with Crippen LogP contribution in [0.1, 0.15) is 6.42 Å². The Kier molecular flexibility index (Phi) is 2.65. The van der Waals surface area contributed by atoms with Gasteiger partial charge < -0.3 is 5.11 Å². The first-order valence-electron chi connectivity index (χ1n) is 2.23. The van der Waals surface area contributed by atoms with Crippen LogP contribution in [-0.4, -0.2) is 16.2 Å². The first-order chi connectivity index (χ1) is 4.00. The molecule has 1 atom stereocenters. The van der Waals surface area contributed by atoms with E-state index < -0.39 is 11.1 Å². The van der Waals surface area contributed by atoms with E-state index in [2.05, 4.69) is 6.58 Å². The van der Waals surface area contributed by atoms with E-state index in [9.17, 15) is 9.18 Å². The van der Waals surface area contributed by atoms with E-state index in [0.29, 0.717) is 0 Å². The molecule has 0 aliphatic heterocycles. The molecule has 0 spiro atoms. The van der Waals surface area contributed by atoms with Gasteiger partial charge in [-0.3, -0.25) is 0 Å². The van der Waals surface area contributed by atoms with Crippen molar-refractivity contribution in [3.05, 3.63) is 12.7 Å². The summed E-state index contributed by atoms with van der Waals surface area (Å²) in [5.41, 5.74) is 0. The molecule has 0 saturated carbocycles. The summed E-state index contributed by atoms with van der Waals surface area (Å²) in [6.45, 7) is 3.14. The lowest BCUT2D eigenvalue weighted by Gasteiger charge is -2.07. The Hall–Kier alpha value is -0.570. The van der Waals surface area contributed by atoms with Gasteiger partial charge in [0.15, 0.2) is 0 Å². The topological polar surface area (TPSA) is 37.3 Å². The number of allylic oxidation sites excluding steroid dienone is 1. The summed E-state index contributed by atoms with van der Waals surface area (Å²) in [5.74, 6) is -1.68. The molecule has 1 N–H and O–H groups in total. The summed E-state index contributed by atoms with van der Waals surface area (Å²) in [5, 5.41) is 5.34. The SMILES string of the molecule is C=CCC(F)(Cl)C(=O)O. The zero-order valence-corrected chi connectivity index (χ0v) is 5.36. The average Bonchev–Trinajstić information content (AvgIpc) is 1.65. The molecule has 0 aliphatic carbocycles. The van der Waals surface area contributed by atoms with Gasteiger partial charge in [-0.2, -0.15) is 0 Å². The smallest absolute Gasteiger partial charge is 0.357 e. The van der Waals surface area contributed by atoms with E-state index in [-0.39, 0.29) is 6.42 Å². The predicted octanol–water partition coefficient (Wildman–Crippen LogP) is 1.55. The molecule has 1 unspecified atom stereocenters. The fraction of sp³-hybridized carbons (Fsp3) is 0.400. The molecule has 0 saturated heterocycles. The standard InChI is InChI=1S/C5H6ClFO2/c1-2-3-5(6,7)4(8)9/h2H,1,3H2,(H,8,9). The van der Waals surface area contributed by atoms with Gasteiger partial charge in [0.2, 0.25) is 0 Å². The molecule has 0 radical (unpaired) electrons. The summed E-state index contributed by atoms with van der Waals surface area (Å²) in [6.07, 6.45) is 0.727. The van der Waals surface area contributed by atoms with Crippen molar-refractivity contribution in [2.45, 2.75) is 11.5 Å². The highest BCUT2D eigenvalue weighted by Crippen LogP contribution is 2.21. The Morgan fingerprint density at radius 1 is 2.00 bits per heavy atom. The van der Waals surface area contributed by atoms with Crippen LogP contribution in [0.25, 0.3) is 0 Å². The van der Waals surface area contributed by atoms with Crippen LogP contribution in [0, 0.1) is 0 Å². The number of hydrogen-bond acceptors (Lipinski definition) is 1. The van der Waals surface area contributed by atoms with Crippen LogP contribution in [0.4, 0.5) is 4.39 Å². The molecule has 2 nitrogen and oxygen atoms in total. The molecule has 0 aromatic carbocycles. The van der Waals surface area contributed by atoms with Crippen molar-refractivity contribution in [1.82, 2.24) is 0 Å². The summed E-state index contributed by atoms with van der Waals surface area (Å²) in [7, 11) is 0. The lowest BCUT2D eigenvalue weighted by molar-refractivity contribution is -0.145. The molecular weight excluding hydrogens is 147 g/mol. The number of hydrogen-bond donors (Lipinski definition) is 1. The fourth-order valence-corrected chi connectivity index (χ4v) is 0.378. The minimum absolute atomic E-state index is 0.385. The van der Waals surface area contributed by atoms with Crippen molar-refractivity contribution in [2.24, 2.45) is 0 Å². The molecule has 9 heavy (non-hydrogen) atoms. The summed E-state index contributed by atoms with van der Waals surface area (Å²) in [4.78, 5) is 9.86. The molecule has 0 heterocycles.